The van der Waals surface area contributed by atoms with Gasteiger partial charge in [-0.1, -0.05) is 135 Å². The molecule has 11 aromatic rings. The molecule has 1 aliphatic carbocycles. The summed E-state index contributed by atoms with van der Waals surface area (Å²) >= 11 is 0. The summed E-state index contributed by atoms with van der Waals surface area (Å²) in [5, 5.41) is 14.9. The van der Waals surface area contributed by atoms with Crippen LogP contribution in [-0.2, 0) is 5.41 Å². The average Bonchev–Trinajstić information content (AvgIpc) is 3.69. The zero-order valence-corrected chi connectivity index (χ0v) is 30.6. The van der Waals surface area contributed by atoms with Crippen LogP contribution < -0.4 is 4.90 Å². The van der Waals surface area contributed by atoms with Crippen LogP contribution in [0.15, 0.2) is 180 Å². The predicted octanol–water partition coefficient (Wildman–Crippen LogP) is 15.1. The summed E-state index contributed by atoms with van der Waals surface area (Å²) in [7, 11) is 0. The van der Waals surface area contributed by atoms with E-state index < -0.39 is 0 Å². The summed E-state index contributed by atoms with van der Waals surface area (Å²) in [5.74, 6) is 0. The molecule has 0 saturated heterocycles. The van der Waals surface area contributed by atoms with Crippen molar-refractivity contribution in [1.82, 2.24) is 0 Å². The molecular formula is C53H35NO. The maximum atomic E-state index is 6.86. The second kappa shape index (κ2) is 11.1. The molecule has 0 spiro atoms. The second-order valence-corrected chi connectivity index (χ2v) is 15.7. The zero-order chi connectivity index (χ0) is 36.4. The Kier molecular flexibility index (Phi) is 6.15. The first kappa shape index (κ1) is 30.6. The van der Waals surface area contributed by atoms with Gasteiger partial charge in [-0.05, 0) is 125 Å². The van der Waals surface area contributed by atoms with Crippen molar-refractivity contribution in [2.24, 2.45) is 0 Å². The van der Waals surface area contributed by atoms with Crippen LogP contribution in [0.25, 0.3) is 86.9 Å². The normalized spacial score (nSPS) is 13.4. The van der Waals surface area contributed by atoms with Gasteiger partial charge in [0.25, 0.3) is 0 Å². The Morgan fingerprint density at radius 2 is 1.02 bits per heavy atom. The van der Waals surface area contributed by atoms with Gasteiger partial charge in [0.1, 0.15) is 11.2 Å². The monoisotopic (exact) mass is 701 g/mol. The molecule has 1 heterocycles. The largest absolute Gasteiger partial charge is 0.456 e. The number of hydrogen-bond donors (Lipinski definition) is 0. The molecule has 0 aliphatic heterocycles. The summed E-state index contributed by atoms with van der Waals surface area (Å²) < 4.78 is 6.86. The lowest BCUT2D eigenvalue weighted by Crippen LogP contribution is -2.16. The van der Waals surface area contributed by atoms with Gasteiger partial charge in [0, 0.05) is 32.9 Å². The van der Waals surface area contributed by atoms with Gasteiger partial charge in [-0.3, -0.25) is 0 Å². The standard InChI is InChI=1S/C53H35NO/c1-53(2)47-27-35(54(34-16-4-3-5-17-34)49-22-12-15-32-13-6-8-18-36(32)49)24-26-40(47)43-29-45-44-28-42-39-21-11-10-20-38(39)41-25-23-33-14-7-9-19-37(33)52(41)46(42)30-50(44)55-51(45)31-48(43)53/h3-31H,1-2H3. The highest BCUT2D eigenvalue weighted by Crippen LogP contribution is 2.53. The number of benzene rings is 10. The highest BCUT2D eigenvalue weighted by molar-refractivity contribution is 6.33. The van der Waals surface area contributed by atoms with Crippen molar-refractivity contribution in [2.45, 2.75) is 19.3 Å². The highest BCUT2D eigenvalue weighted by atomic mass is 16.3. The van der Waals surface area contributed by atoms with Gasteiger partial charge < -0.3 is 9.32 Å². The molecule has 258 valence electrons. The third kappa shape index (κ3) is 4.25. The predicted molar refractivity (Wildman–Crippen MR) is 233 cm³/mol. The molecule has 0 unspecified atom stereocenters. The molecule has 1 aromatic heterocycles. The van der Waals surface area contributed by atoms with Crippen molar-refractivity contribution in [1.29, 1.82) is 0 Å². The number of rotatable bonds is 3. The zero-order valence-electron chi connectivity index (χ0n) is 30.6. The van der Waals surface area contributed by atoms with E-state index >= 15 is 0 Å². The van der Waals surface area contributed by atoms with E-state index in [2.05, 4.69) is 195 Å². The Morgan fingerprint density at radius 1 is 0.382 bits per heavy atom. The first-order valence-corrected chi connectivity index (χ1v) is 19.2. The number of para-hydroxylation sites is 1. The second-order valence-electron chi connectivity index (χ2n) is 15.7. The summed E-state index contributed by atoms with van der Waals surface area (Å²) in [4.78, 5) is 2.41. The quantitative estimate of drug-likeness (QED) is 0.171. The number of nitrogens with zero attached hydrogens (tertiary/aromatic N) is 1. The molecule has 0 saturated carbocycles. The molecule has 0 bridgehead atoms. The van der Waals surface area contributed by atoms with Gasteiger partial charge in [-0.25, -0.2) is 0 Å². The van der Waals surface area contributed by atoms with Crippen molar-refractivity contribution in [3.63, 3.8) is 0 Å². The minimum atomic E-state index is -0.231. The van der Waals surface area contributed by atoms with Crippen LogP contribution in [0.4, 0.5) is 17.1 Å². The van der Waals surface area contributed by atoms with Crippen molar-refractivity contribution in [2.75, 3.05) is 4.90 Å². The lowest BCUT2D eigenvalue weighted by Gasteiger charge is -2.29. The Bertz CT molecular complexity index is 3400. The molecule has 0 N–H and O–H groups in total. The van der Waals surface area contributed by atoms with Crippen LogP contribution >= 0.6 is 0 Å². The fourth-order valence-electron chi connectivity index (χ4n) is 9.75. The van der Waals surface area contributed by atoms with E-state index in [1.165, 1.54) is 81.8 Å². The van der Waals surface area contributed by atoms with Gasteiger partial charge in [0.05, 0.1) is 5.69 Å². The maximum absolute atomic E-state index is 6.86. The van der Waals surface area contributed by atoms with E-state index in [0.29, 0.717) is 0 Å². The average molecular weight is 702 g/mol. The van der Waals surface area contributed by atoms with E-state index in [-0.39, 0.29) is 5.41 Å². The van der Waals surface area contributed by atoms with Crippen molar-refractivity contribution >= 4 is 92.9 Å². The molecule has 55 heavy (non-hydrogen) atoms. The molecule has 0 radical (unpaired) electrons. The fraction of sp³-hybridized carbons (Fsp3) is 0.0566. The molecule has 10 aromatic carbocycles. The van der Waals surface area contributed by atoms with Crippen LogP contribution in [0.3, 0.4) is 0 Å². The smallest absolute Gasteiger partial charge is 0.136 e. The SMILES string of the molecule is CC1(C)c2cc(N(c3ccccc3)c3cccc4ccccc34)ccc2-c2cc3c(cc21)oc1cc2c(cc13)c1ccccc1c1ccc3ccccc3c12. The number of fused-ring (bicyclic) bond motifs is 15. The fourth-order valence-corrected chi connectivity index (χ4v) is 9.75. The van der Waals surface area contributed by atoms with E-state index in [9.17, 15) is 0 Å². The van der Waals surface area contributed by atoms with Crippen LogP contribution in [-0.4, -0.2) is 0 Å². The number of furan rings is 1. The third-order valence-corrected chi connectivity index (χ3v) is 12.4. The summed E-state index contributed by atoms with van der Waals surface area (Å²) in [5.41, 5.74) is 10.3. The van der Waals surface area contributed by atoms with Gasteiger partial charge in [-0.2, -0.15) is 0 Å². The molecule has 2 nitrogen and oxygen atoms in total. The molecule has 1 aliphatic rings. The van der Waals surface area contributed by atoms with Gasteiger partial charge in [0.2, 0.25) is 0 Å². The highest BCUT2D eigenvalue weighted by Gasteiger charge is 2.37. The van der Waals surface area contributed by atoms with Crippen molar-refractivity contribution < 1.29 is 4.42 Å². The van der Waals surface area contributed by atoms with E-state index in [0.717, 1.165) is 33.3 Å². The van der Waals surface area contributed by atoms with Gasteiger partial charge >= 0.3 is 0 Å². The van der Waals surface area contributed by atoms with Crippen molar-refractivity contribution in [3.8, 4) is 11.1 Å². The third-order valence-electron chi connectivity index (χ3n) is 12.4. The molecule has 0 fully saturated rings. The molecule has 2 heteroatoms. The lowest BCUT2D eigenvalue weighted by molar-refractivity contribution is 0.647. The topological polar surface area (TPSA) is 16.4 Å². The molecular weight excluding hydrogens is 667 g/mol. The summed E-state index contributed by atoms with van der Waals surface area (Å²) in [6.07, 6.45) is 0. The van der Waals surface area contributed by atoms with Gasteiger partial charge in [0.15, 0.2) is 0 Å². The first-order chi connectivity index (χ1) is 27.0. The summed E-state index contributed by atoms with van der Waals surface area (Å²) in [6, 6.07) is 64.6. The Hall–Kier alpha value is -6.90. The number of hydrogen-bond acceptors (Lipinski definition) is 2. The minimum Gasteiger partial charge on any atom is -0.456 e. The van der Waals surface area contributed by atoms with Crippen LogP contribution in [0, 0.1) is 0 Å². The first-order valence-electron chi connectivity index (χ1n) is 19.2. The lowest BCUT2D eigenvalue weighted by atomic mass is 9.82. The molecule has 0 amide bonds. The van der Waals surface area contributed by atoms with Crippen LogP contribution in [0.2, 0.25) is 0 Å². The Balaban J connectivity index is 1.08. The van der Waals surface area contributed by atoms with Crippen LogP contribution in [0.5, 0.6) is 0 Å². The van der Waals surface area contributed by atoms with Gasteiger partial charge in [-0.15, -0.1) is 0 Å². The van der Waals surface area contributed by atoms with E-state index in [4.69, 9.17) is 4.42 Å². The Labute approximate surface area is 318 Å². The van der Waals surface area contributed by atoms with E-state index in [1.54, 1.807) is 0 Å². The molecule has 0 atom stereocenters. The maximum Gasteiger partial charge on any atom is 0.136 e. The van der Waals surface area contributed by atoms with Crippen molar-refractivity contribution in [3.05, 3.63) is 187 Å². The number of anilines is 3. The Morgan fingerprint density at radius 3 is 1.84 bits per heavy atom. The molecule has 12 rings (SSSR count). The van der Waals surface area contributed by atoms with E-state index in [1.807, 2.05) is 0 Å². The van der Waals surface area contributed by atoms with Crippen LogP contribution in [0.1, 0.15) is 25.0 Å². The minimum absolute atomic E-state index is 0.231. The summed E-state index contributed by atoms with van der Waals surface area (Å²) in [6.45, 7) is 4.72.